The molecule has 2 heterocycles. The molecule has 0 spiro atoms. The summed E-state index contributed by atoms with van der Waals surface area (Å²) in [6.07, 6.45) is -5.67. The lowest BCUT2D eigenvalue weighted by Crippen LogP contribution is -2.33. The fourth-order valence-electron chi connectivity index (χ4n) is 1.80. The van der Waals surface area contributed by atoms with Crippen molar-refractivity contribution >= 4 is 22.7 Å². The number of halogens is 4. The number of imidazole rings is 1. The molecule has 0 atom stereocenters. The van der Waals surface area contributed by atoms with E-state index in [-0.39, 0.29) is 5.75 Å². The smallest absolute Gasteiger partial charge is 0.428 e. The maximum absolute atomic E-state index is 12.8. The zero-order valence-corrected chi connectivity index (χ0v) is 11.3. The average molecular weight is 327 g/mol. The maximum Gasteiger partial charge on any atom is 0.461 e. The van der Waals surface area contributed by atoms with E-state index in [1.54, 1.807) is 0 Å². The molecular formula is C13H9F4N5O. The molecule has 6 nitrogen and oxygen atoms in total. The highest BCUT2D eigenvalue weighted by molar-refractivity contribution is 5.84. The molecule has 0 amide bonds. The maximum atomic E-state index is 12.8. The fourth-order valence-corrected chi connectivity index (χ4v) is 1.80. The van der Waals surface area contributed by atoms with Crippen LogP contribution in [0.1, 0.15) is 0 Å². The summed E-state index contributed by atoms with van der Waals surface area (Å²) in [7, 11) is 0. The van der Waals surface area contributed by atoms with E-state index in [2.05, 4.69) is 30.0 Å². The van der Waals surface area contributed by atoms with E-state index in [4.69, 9.17) is 0 Å². The van der Waals surface area contributed by atoms with Crippen LogP contribution in [0.15, 0.2) is 36.9 Å². The van der Waals surface area contributed by atoms with Crippen molar-refractivity contribution in [3.8, 4) is 5.75 Å². The number of benzene rings is 1. The molecule has 0 bridgehead atoms. The van der Waals surface area contributed by atoms with Crippen LogP contribution < -0.4 is 10.1 Å². The van der Waals surface area contributed by atoms with E-state index in [9.17, 15) is 17.6 Å². The number of hydrogen-bond donors (Lipinski definition) is 2. The van der Waals surface area contributed by atoms with Crippen molar-refractivity contribution in [2.75, 3.05) is 5.32 Å². The van der Waals surface area contributed by atoms with E-state index in [0.717, 1.165) is 12.1 Å². The zero-order valence-electron chi connectivity index (χ0n) is 11.3. The second-order valence-corrected chi connectivity index (χ2v) is 4.44. The van der Waals surface area contributed by atoms with E-state index in [0.29, 0.717) is 22.7 Å². The SMILES string of the molecule is FC(F)C(F)(F)Oc1ccc(Nc2ncnc3[nH]cnc23)cc1. The number of fused-ring (bicyclic) bond motifs is 1. The largest absolute Gasteiger partial charge is 0.461 e. The predicted octanol–water partition coefficient (Wildman–Crippen LogP) is 3.33. The predicted molar refractivity (Wildman–Crippen MR) is 73.0 cm³/mol. The standard InChI is InChI=1S/C13H9F4N5O/c14-12(15)13(16,17)23-8-3-1-7(2-4-8)22-11-9-10(19-5-18-9)20-6-21-11/h1-6,12H,(H2,18,19,20,21,22). The van der Waals surface area contributed by atoms with Crippen molar-refractivity contribution in [1.29, 1.82) is 0 Å². The molecule has 23 heavy (non-hydrogen) atoms. The number of aromatic nitrogens is 4. The third-order valence-corrected chi connectivity index (χ3v) is 2.84. The highest BCUT2D eigenvalue weighted by Crippen LogP contribution is 2.29. The van der Waals surface area contributed by atoms with Gasteiger partial charge in [0.15, 0.2) is 17.0 Å². The second-order valence-electron chi connectivity index (χ2n) is 4.44. The number of anilines is 2. The highest BCUT2D eigenvalue weighted by atomic mass is 19.3. The molecule has 0 saturated carbocycles. The molecule has 120 valence electrons. The number of aromatic amines is 1. The van der Waals surface area contributed by atoms with Crippen molar-refractivity contribution in [1.82, 2.24) is 19.9 Å². The van der Waals surface area contributed by atoms with Gasteiger partial charge in [-0.2, -0.15) is 17.6 Å². The summed E-state index contributed by atoms with van der Waals surface area (Å²) in [6, 6.07) is 5.05. The number of nitrogens with zero attached hydrogens (tertiary/aromatic N) is 3. The molecule has 10 heteroatoms. The van der Waals surface area contributed by atoms with Crippen LogP contribution in [-0.2, 0) is 0 Å². The van der Waals surface area contributed by atoms with Crippen LogP contribution in [0.3, 0.4) is 0 Å². The number of nitrogens with one attached hydrogen (secondary N) is 2. The Labute approximate surface area is 126 Å². The summed E-state index contributed by atoms with van der Waals surface area (Å²) in [5.74, 6) is 0.0243. The molecule has 3 aromatic rings. The summed E-state index contributed by atoms with van der Waals surface area (Å²) in [5, 5.41) is 2.92. The van der Waals surface area contributed by atoms with Gasteiger partial charge in [-0.3, -0.25) is 0 Å². The molecule has 3 rings (SSSR count). The van der Waals surface area contributed by atoms with Gasteiger partial charge in [-0.25, -0.2) is 15.0 Å². The molecule has 1 aromatic carbocycles. The molecule has 0 aliphatic rings. The number of rotatable bonds is 5. The van der Waals surface area contributed by atoms with Gasteiger partial charge in [0.05, 0.1) is 6.33 Å². The first-order valence-corrected chi connectivity index (χ1v) is 6.32. The third-order valence-electron chi connectivity index (χ3n) is 2.84. The molecule has 0 fully saturated rings. The van der Waals surface area contributed by atoms with Gasteiger partial charge in [0.25, 0.3) is 0 Å². The topological polar surface area (TPSA) is 75.7 Å². The van der Waals surface area contributed by atoms with Crippen molar-refractivity contribution in [3.05, 3.63) is 36.9 Å². The van der Waals surface area contributed by atoms with Crippen molar-refractivity contribution in [3.63, 3.8) is 0 Å². The molecule has 0 saturated heterocycles. The molecule has 0 radical (unpaired) electrons. The van der Waals surface area contributed by atoms with Gasteiger partial charge in [0, 0.05) is 5.69 Å². The summed E-state index contributed by atoms with van der Waals surface area (Å²) in [4.78, 5) is 14.9. The van der Waals surface area contributed by atoms with Gasteiger partial charge in [-0.1, -0.05) is 0 Å². The van der Waals surface area contributed by atoms with Crippen molar-refractivity contribution in [2.24, 2.45) is 0 Å². The zero-order chi connectivity index (χ0) is 16.4. The van der Waals surface area contributed by atoms with Crippen LogP contribution in [0.2, 0.25) is 0 Å². The lowest BCUT2D eigenvalue weighted by Gasteiger charge is -2.17. The van der Waals surface area contributed by atoms with E-state index in [1.165, 1.54) is 24.8 Å². The summed E-state index contributed by atoms with van der Waals surface area (Å²) < 4.78 is 53.7. The summed E-state index contributed by atoms with van der Waals surface area (Å²) >= 11 is 0. The minimum atomic E-state index is -4.54. The summed E-state index contributed by atoms with van der Waals surface area (Å²) in [6.45, 7) is 0. The molecular weight excluding hydrogens is 318 g/mol. The Hall–Kier alpha value is -2.91. The third kappa shape index (κ3) is 3.15. The Morgan fingerprint density at radius 2 is 1.83 bits per heavy atom. The first kappa shape index (κ1) is 15.0. The Morgan fingerprint density at radius 3 is 2.52 bits per heavy atom. The normalized spacial score (nSPS) is 11.9. The lowest BCUT2D eigenvalue weighted by atomic mass is 10.3. The molecule has 0 aliphatic heterocycles. The van der Waals surface area contributed by atoms with Crippen molar-refractivity contribution < 1.29 is 22.3 Å². The molecule has 2 N–H and O–H groups in total. The van der Waals surface area contributed by atoms with Gasteiger partial charge in [0.1, 0.15) is 12.1 Å². The number of H-pyrrole nitrogens is 1. The highest BCUT2D eigenvalue weighted by Gasteiger charge is 2.43. The first-order chi connectivity index (χ1) is 11.0. The first-order valence-electron chi connectivity index (χ1n) is 6.32. The van der Waals surface area contributed by atoms with Crippen LogP contribution in [-0.4, -0.2) is 32.5 Å². The lowest BCUT2D eigenvalue weighted by molar-refractivity contribution is -0.253. The van der Waals surface area contributed by atoms with Crippen LogP contribution >= 0.6 is 0 Å². The molecule has 0 aliphatic carbocycles. The Morgan fingerprint density at radius 1 is 1.09 bits per heavy atom. The van der Waals surface area contributed by atoms with Gasteiger partial charge in [-0.15, -0.1) is 0 Å². The van der Waals surface area contributed by atoms with E-state index in [1.807, 2.05) is 0 Å². The van der Waals surface area contributed by atoms with Crippen LogP contribution in [0.5, 0.6) is 5.75 Å². The van der Waals surface area contributed by atoms with Gasteiger partial charge >= 0.3 is 12.5 Å². The molecule has 2 aromatic heterocycles. The minimum Gasteiger partial charge on any atom is -0.428 e. The average Bonchev–Trinajstić information content (AvgIpc) is 2.98. The van der Waals surface area contributed by atoms with Crippen LogP contribution in [0.4, 0.5) is 29.1 Å². The van der Waals surface area contributed by atoms with Crippen LogP contribution in [0, 0.1) is 0 Å². The summed E-state index contributed by atoms with van der Waals surface area (Å²) in [5.41, 5.74) is 1.51. The van der Waals surface area contributed by atoms with E-state index >= 15 is 0 Å². The molecule has 0 unspecified atom stereocenters. The Kier molecular flexibility index (Phi) is 3.72. The van der Waals surface area contributed by atoms with Gasteiger partial charge in [0.2, 0.25) is 0 Å². The van der Waals surface area contributed by atoms with Crippen molar-refractivity contribution in [2.45, 2.75) is 12.5 Å². The number of alkyl halides is 4. The Bertz CT molecular complexity index is 805. The van der Waals surface area contributed by atoms with E-state index < -0.39 is 12.5 Å². The fraction of sp³-hybridized carbons (Fsp3) is 0.154. The Balaban J connectivity index is 1.76. The number of ether oxygens (including phenoxy) is 1. The minimum absolute atomic E-state index is 0.381. The second kappa shape index (κ2) is 5.71. The number of hydrogen-bond acceptors (Lipinski definition) is 5. The van der Waals surface area contributed by atoms with Gasteiger partial charge < -0.3 is 15.0 Å². The van der Waals surface area contributed by atoms with Crippen LogP contribution in [0.25, 0.3) is 11.2 Å². The van der Waals surface area contributed by atoms with Gasteiger partial charge in [-0.05, 0) is 24.3 Å². The quantitative estimate of drug-likeness (QED) is 0.703. The monoisotopic (exact) mass is 327 g/mol.